The molecule has 2 aliphatic carbocycles. The minimum Gasteiger partial charge on any atom is -0.496 e. The number of piperidine rings is 1. The molecule has 7 heteroatoms. The average Bonchev–Trinajstić information content (AvgIpc) is 3.31. The summed E-state index contributed by atoms with van der Waals surface area (Å²) >= 11 is 0. The molecule has 0 spiro atoms. The van der Waals surface area contributed by atoms with Gasteiger partial charge in [0.25, 0.3) is 5.91 Å². The maximum Gasteiger partial charge on any atom is 0.255 e. The fourth-order valence-corrected chi connectivity index (χ4v) is 6.49. The molecule has 1 N–H and O–H groups in total. The van der Waals surface area contributed by atoms with Gasteiger partial charge in [-0.25, -0.2) is 8.42 Å². The molecule has 1 amide bonds. The summed E-state index contributed by atoms with van der Waals surface area (Å²) in [4.78, 5) is 13.1. The molecule has 3 atom stereocenters. The summed E-state index contributed by atoms with van der Waals surface area (Å²) in [5.41, 5.74) is 0.304. The Morgan fingerprint density at radius 3 is 2.56 bits per heavy atom. The van der Waals surface area contributed by atoms with Crippen LogP contribution in [-0.4, -0.2) is 44.9 Å². The monoisotopic (exact) mass is 392 g/mol. The topological polar surface area (TPSA) is 75.7 Å². The first-order valence-electron chi connectivity index (χ1n) is 9.98. The predicted octanol–water partition coefficient (Wildman–Crippen LogP) is 2.79. The quantitative estimate of drug-likeness (QED) is 0.836. The fourth-order valence-electron chi connectivity index (χ4n) is 4.95. The van der Waals surface area contributed by atoms with Gasteiger partial charge in [-0.15, -0.1) is 0 Å². The Labute approximate surface area is 161 Å². The minimum atomic E-state index is -3.58. The maximum absolute atomic E-state index is 13.0. The lowest BCUT2D eigenvalue weighted by atomic mass is 9.95. The van der Waals surface area contributed by atoms with Crippen LogP contribution in [0.25, 0.3) is 0 Å². The van der Waals surface area contributed by atoms with E-state index in [4.69, 9.17) is 4.74 Å². The summed E-state index contributed by atoms with van der Waals surface area (Å²) in [6, 6.07) is 4.80. The first-order chi connectivity index (χ1) is 13.0. The number of carbonyl (C=O) groups is 1. The van der Waals surface area contributed by atoms with Crippen LogP contribution in [-0.2, 0) is 10.0 Å². The van der Waals surface area contributed by atoms with Crippen molar-refractivity contribution in [2.75, 3.05) is 20.2 Å². The first kappa shape index (κ1) is 18.7. The van der Waals surface area contributed by atoms with E-state index >= 15 is 0 Å². The molecule has 1 heterocycles. The number of nitrogens with one attached hydrogen (secondary N) is 1. The number of methoxy groups -OCH3 is 1. The average molecular weight is 393 g/mol. The molecule has 1 aromatic carbocycles. The van der Waals surface area contributed by atoms with Gasteiger partial charge >= 0.3 is 0 Å². The van der Waals surface area contributed by atoms with Gasteiger partial charge in [-0.05, 0) is 62.1 Å². The Morgan fingerprint density at radius 1 is 1.15 bits per heavy atom. The van der Waals surface area contributed by atoms with Crippen molar-refractivity contribution in [3.8, 4) is 5.75 Å². The Hall–Kier alpha value is -1.60. The second kappa shape index (κ2) is 7.43. The third-order valence-corrected chi connectivity index (χ3v) is 8.32. The Balaban J connectivity index is 1.58. The minimum absolute atomic E-state index is 0.170. The number of benzene rings is 1. The normalized spacial score (nSPS) is 28.3. The first-order valence-corrected chi connectivity index (χ1v) is 11.4. The molecule has 1 aromatic rings. The molecule has 6 nitrogen and oxygen atoms in total. The van der Waals surface area contributed by atoms with Crippen LogP contribution in [0.3, 0.4) is 0 Å². The molecular weight excluding hydrogens is 364 g/mol. The van der Waals surface area contributed by atoms with Crippen LogP contribution < -0.4 is 10.1 Å². The van der Waals surface area contributed by atoms with Crippen molar-refractivity contribution in [2.45, 2.75) is 55.9 Å². The summed E-state index contributed by atoms with van der Waals surface area (Å²) in [6.45, 7) is 1.09. The van der Waals surface area contributed by atoms with Crippen LogP contribution in [0.2, 0.25) is 0 Å². The summed E-state index contributed by atoms with van der Waals surface area (Å²) in [7, 11) is -2.08. The largest absolute Gasteiger partial charge is 0.496 e. The van der Waals surface area contributed by atoms with Gasteiger partial charge in [-0.3, -0.25) is 4.79 Å². The SMILES string of the molecule is COc1ccc(S(=O)(=O)N2CCCCC2)cc1C(=O)N[C@@H]1C[C@H]2CC[C@H]1C2. The molecule has 2 saturated carbocycles. The molecule has 1 saturated heterocycles. The molecule has 3 aliphatic rings. The van der Waals surface area contributed by atoms with Crippen molar-refractivity contribution in [3.05, 3.63) is 23.8 Å². The van der Waals surface area contributed by atoms with Crippen LogP contribution in [0.1, 0.15) is 55.3 Å². The summed E-state index contributed by atoms with van der Waals surface area (Å²) in [6.07, 6.45) is 7.50. The van der Waals surface area contributed by atoms with Crippen LogP contribution in [0.15, 0.2) is 23.1 Å². The highest BCUT2D eigenvalue weighted by molar-refractivity contribution is 7.89. The molecule has 148 valence electrons. The number of rotatable bonds is 5. The zero-order valence-electron chi connectivity index (χ0n) is 15.8. The van der Waals surface area contributed by atoms with Gasteiger partial charge in [0, 0.05) is 19.1 Å². The third kappa shape index (κ3) is 3.59. The highest BCUT2D eigenvalue weighted by atomic mass is 32.2. The Kier molecular flexibility index (Phi) is 5.16. The van der Waals surface area contributed by atoms with Crippen molar-refractivity contribution >= 4 is 15.9 Å². The highest BCUT2D eigenvalue weighted by Crippen LogP contribution is 2.44. The molecule has 0 unspecified atom stereocenters. The number of fused-ring (bicyclic) bond motifs is 2. The smallest absolute Gasteiger partial charge is 0.255 e. The van der Waals surface area contributed by atoms with Crippen molar-refractivity contribution < 1.29 is 17.9 Å². The number of hydrogen-bond donors (Lipinski definition) is 1. The number of hydrogen-bond acceptors (Lipinski definition) is 4. The number of ether oxygens (including phenoxy) is 1. The number of sulfonamides is 1. The van der Waals surface area contributed by atoms with E-state index in [1.54, 1.807) is 6.07 Å². The molecular formula is C20H28N2O4S. The van der Waals surface area contributed by atoms with Gasteiger partial charge in [0.05, 0.1) is 17.6 Å². The van der Waals surface area contributed by atoms with Gasteiger partial charge in [-0.2, -0.15) is 4.31 Å². The second-order valence-corrected chi connectivity index (χ2v) is 10.0. The van der Waals surface area contributed by atoms with Gasteiger partial charge in [0.15, 0.2) is 0 Å². The predicted molar refractivity (Wildman–Crippen MR) is 102 cm³/mol. The molecule has 0 aromatic heterocycles. The maximum atomic E-state index is 13.0. The van der Waals surface area contributed by atoms with Crippen molar-refractivity contribution in [1.29, 1.82) is 0 Å². The molecule has 2 bridgehead atoms. The van der Waals surface area contributed by atoms with Gasteiger partial charge in [0.1, 0.15) is 5.75 Å². The van der Waals surface area contributed by atoms with Crippen molar-refractivity contribution in [1.82, 2.24) is 9.62 Å². The van der Waals surface area contributed by atoms with E-state index in [1.807, 2.05) is 0 Å². The van der Waals surface area contributed by atoms with Crippen LogP contribution in [0, 0.1) is 11.8 Å². The standard InChI is InChI=1S/C20H28N2O4S/c1-26-19-8-7-16(27(24,25)22-9-3-2-4-10-22)13-17(19)20(23)21-18-12-14-5-6-15(18)11-14/h7-8,13-15,18H,2-6,9-12H2,1H3,(H,21,23)/t14-,15-,18+/m0/s1. The lowest BCUT2D eigenvalue weighted by Gasteiger charge is -2.26. The summed E-state index contributed by atoms with van der Waals surface area (Å²) < 4.78 is 32.8. The molecule has 4 rings (SSSR count). The Morgan fingerprint density at radius 2 is 1.93 bits per heavy atom. The molecule has 27 heavy (non-hydrogen) atoms. The summed E-state index contributed by atoms with van der Waals surface area (Å²) in [5.74, 6) is 1.46. The van der Waals surface area contributed by atoms with Crippen LogP contribution >= 0.6 is 0 Å². The zero-order chi connectivity index (χ0) is 19.0. The van der Waals surface area contributed by atoms with E-state index < -0.39 is 10.0 Å². The Bertz CT molecular complexity index is 817. The number of nitrogens with zero attached hydrogens (tertiary/aromatic N) is 1. The van der Waals surface area contributed by atoms with E-state index in [9.17, 15) is 13.2 Å². The van der Waals surface area contributed by atoms with E-state index in [1.165, 1.54) is 42.8 Å². The van der Waals surface area contributed by atoms with Crippen molar-refractivity contribution in [3.63, 3.8) is 0 Å². The van der Waals surface area contributed by atoms with E-state index in [0.717, 1.165) is 31.6 Å². The lowest BCUT2D eigenvalue weighted by molar-refractivity contribution is 0.0919. The molecule has 1 aliphatic heterocycles. The van der Waals surface area contributed by atoms with Gasteiger partial charge in [-0.1, -0.05) is 12.8 Å². The van der Waals surface area contributed by atoms with E-state index in [0.29, 0.717) is 30.3 Å². The highest BCUT2D eigenvalue weighted by Gasteiger charge is 2.40. The van der Waals surface area contributed by atoms with Crippen LogP contribution in [0.4, 0.5) is 0 Å². The fraction of sp³-hybridized carbons (Fsp3) is 0.650. The lowest BCUT2D eigenvalue weighted by Crippen LogP contribution is -2.39. The second-order valence-electron chi connectivity index (χ2n) is 8.08. The van der Waals surface area contributed by atoms with E-state index in [-0.39, 0.29) is 16.8 Å². The zero-order valence-corrected chi connectivity index (χ0v) is 16.6. The number of amides is 1. The third-order valence-electron chi connectivity index (χ3n) is 6.42. The number of carbonyl (C=O) groups excluding carboxylic acids is 1. The van der Waals surface area contributed by atoms with Crippen LogP contribution in [0.5, 0.6) is 5.75 Å². The molecule has 3 fully saturated rings. The molecule has 0 radical (unpaired) electrons. The van der Waals surface area contributed by atoms with Gasteiger partial charge in [0.2, 0.25) is 10.0 Å². The van der Waals surface area contributed by atoms with Gasteiger partial charge < -0.3 is 10.1 Å². The van der Waals surface area contributed by atoms with E-state index in [2.05, 4.69) is 5.32 Å². The van der Waals surface area contributed by atoms with Crippen molar-refractivity contribution in [2.24, 2.45) is 11.8 Å². The summed E-state index contributed by atoms with van der Waals surface area (Å²) in [5, 5.41) is 3.13.